The van der Waals surface area contributed by atoms with Gasteiger partial charge in [-0.05, 0) is 0 Å². The second-order valence-electron chi connectivity index (χ2n) is 3.71. The van der Waals surface area contributed by atoms with Gasteiger partial charge in [0, 0.05) is 39.9 Å². The van der Waals surface area contributed by atoms with E-state index in [0.29, 0.717) is 32.1 Å². The third kappa shape index (κ3) is 5.27. The normalized spacial score (nSPS) is 11.3. The SMILES string of the molecule is COCCN(CCO)Cc1cc(COC)on1. The number of aliphatic hydroxyl groups is 1. The van der Waals surface area contributed by atoms with Gasteiger partial charge in [-0.25, -0.2) is 0 Å². The second kappa shape index (κ2) is 8.19. The van der Waals surface area contributed by atoms with E-state index in [1.807, 2.05) is 6.07 Å². The number of hydrogen-bond acceptors (Lipinski definition) is 6. The highest BCUT2D eigenvalue weighted by Gasteiger charge is 2.09. The number of nitrogens with zero attached hydrogens (tertiary/aromatic N) is 2. The average Bonchev–Trinajstić information content (AvgIpc) is 2.74. The van der Waals surface area contributed by atoms with Crippen molar-refractivity contribution in [3.05, 3.63) is 17.5 Å². The van der Waals surface area contributed by atoms with Gasteiger partial charge in [0.25, 0.3) is 0 Å². The van der Waals surface area contributed by atoms with Crippen LogP contribution in [-0.4, -0.2) is 55.7 Å². The zero-order chi connectivity index (χ0) is 12.5. The van der Waals surface area contributed by atoms with Gasteiger partial charge in [0.2, 0.25) is 0 Å². The fourth-order valence-electron chi connectivity index (χ4n) is 1.50. The Morgan fingerprint density at radius 1 is 1.35 bits per heavy atom. The Hall–Kier alpha value is -0.950. The molecule has 0 spiro atoms. The van der Waals surface area contributed by atoms with Gasteiger partial charge in [-0.15, -0.1) is 0 Å². The molecule has 0 fully saturated rings. The van der Waals surface area contributed by atoms with Crippen LogP contribution < -0.4 is 0 Å². The maximum Gasteiger partial charge on any atom is 0.162 e. The van der Waals surface area contributed by atoms with Crippen LogP contribution in [0.5, 0.6) is 0 Å². The lowest BCUT2D eigenvalue weighted by Gasteiger charge is -2.18. The van der Waals surface area contributed by atoms with Gasteiger partial charge in [-0.3, -0.25) is 4.90 Å². The first-order valence-electron chi connectivity index (χ1n) is 5.55. The summed E-state index contributed by atoms with van der Waals surface area (Å²) in [7, 11) is 3.27. The average molecular weight is 244 g/mol. The van der Waals surface area contributed by atoms with Gasteiger partial charge >= 0.3 is 0 Å². The van der Waals surface area contributed by atoms with Crippen molar-refractivity contribution in [2.75, 3.05) is 40.5 Å². The van der Waals surface area contributed by atoms with E-state index < -0.39 is 0 Å². The van der Waals surface area contributed by atoms with Crippen LogP contribution >= 0.6 is 0 Å². The highest BCUT2D eigenvalue weighted by Crippen LogP contribution is 2.07. The predicted molar refractivity (Wildman–Crippen MR) is 61.5 cm³/mol. The standard InChI is InChI=1S/C11H20N2O4/c1-15-6-4-13(3-5-14)8-10-7-11(9-16-2)17-12-10/h7,14H,3-6,8-9H2,1-2H3. The van der Waals surface area contributed by atoms with E-state index in [1.54, 1.807) is 14.2 Å². The monoisotopic (exact) mass is 244 g/mol. The Bertz CT molecular complexity index is 303. The molecule has 6 heteroatoms. The van der Waals surface area contributed by atoms with E-state index in [2.05, 4.69) is 10.1 Å². The summed E-state index contributed by atoms with van der Waals surface area (Å²) in [6.45, 7) is 3.15. The smallest absolute Gasteiger partial charge is 0.162 e. The molecule has 0 aliphatic heterocycles. The molecular formula is C11H20N2O4. The topological polar surface area (TPSA) is 68.0 Å². The summed E-state index contributed by atoms with van der Waals surface area (Å²) in [6.07, 6.45) is 0. The Labute approximate surface area is 101 Å². The largest absolute Gasteiger partial charge is 0.395 e. The number of methoxy groups -OCH3 is 2. The molecular weight excluding hydrogens is 224 g/mol. The Balaban J connectivity index is 2.46. The van der Waals surface area contributed by atoms with Gasteiger partial charge in [-0.1, -0.05) is 5.16 Å². The van der Waals surface area contributed by atoms with Crippen LogP contribution in [0.25, 0.3) is 0 Å². The van der Waals surface area contributed by atoms with E-state index in [4.69, 9.17) is 19.1 Å². The minimum atomic E-state index is 0.118. The number of aromatic nitrogens is 1. The molecule has 1 rings (SSSR count). The molecule has 1 heterocycles. The zero-order valence-corrected chi connectivity index (χ0v) is 10.4. The van der Waals surface area contributed by atoms with E-state index in [9.17, 15) is 0 Å². The van der Waals surface area contributed by atoms with Crippen LogP contribution in [0, 0.1) is 0 Å². The predicted octanol–water partition coefficient (Wildman–Crippen LogP) is 0.262. The summed E-state index contributed by atoms with van der Waals surface area (Å²) < 4.78 is 15.1. The summed E-state index contributed by atoms with van der Waals surface area (Å²) in [5.74, 6) is 0.707. The quantitative estimate of drug-likeness (QED) is 0.672. The van der Waals surface area contributed by atoms with Crippen LogP contribution in [0.3, 0.4) is 0 Å². The summed E-state index contributed by atoms with van der Waals surface area (Å²) in [4.78, 5) is 2.05. The van der Waals surface area contributed by atoms with E-state index in [1.165, 1.54) is 0 Å². The van der Waals surface area contributed by atoms with Crippen molar-refractivity contribution in [2.45, 2.75) is 13.2 Å². The number of aliphatic hydroxyl groups excluding tert-OH is 1. The first-order valence-corrected chi connectivity index (χ1v) is 5.55. The first-order chi connectivity index (χ1) is 8.30. The van der Waals surface area contributed by atoms with E-state index >= 15 is 0 Å². The Morgan fingerprint density at radius 3 is 2.82 bits per heavy atom. The van der Waals surface area contributed by atoms with Crippen LogP contribution in [0.1, 0.15) is 11.5 Å². The van der Waals surface area contributed by atoms with Crippen LogP contribution in [0.4, 0.5) is 0 Å². The van der Waals surface area contributed by atoms with Crippen molar-refractivity contribution in [1.82, 2.24) is 10.1 Å². The second-order valence-corrected chi connectivity index (χ2v) is 3.71. The van der Waals surface area contributed by atoms with Crippen molar-refractivity contribution in [1.29, 1.82) is 0 Å². The van der Waals surface area contributed by atoms with Crippen molar-refractivity contribution in [3.8, 4) is 0 Å². The first kappa shape index (κ1) is 14.1. The third-order valence-corrected chi connectivity index (χ3v) is 2.31. The van der Waals surface area contributed by atoms with Gasteiger partial charge in [0.05, 0.1) is 18.9 Å². The molecule has 0 saturated carbocycles. The molecule has 6 nitrogen and oxygen atoms in total. The molecule has 17 heavy (non-hydrogen) atoms. The Morgan fingerprint density at radius 2 is 2.18 bits per heavy atom. The maximum absolute atomic E-state index is 8.96. The van der Waals surface area contributed by atoms with Gasteiger partial charge in [0.1, 0.15) is 6.61 Å². The summed E-state index contributed by atoms with van der Waals surface area (Å²) in [5.41, 5.74) is 0.835. The fraction of sp³-hybridized carbons (Fsp3) is 0.727. The summed E-state index contributed by atoms with van der Waals surface area (Å²) >= 11 is 0. The highest BCUT2D eigenvalue weighted by atomic mass is 16.5. The Kier molecular flexibility index (Phi) is 6.80. The number of ether oxygens (including phenoxy) is 2. The van der Waals surface area contributed by atoms with Crippen LogP contribution in [0.15, 0.2) is 10.6 Å². The lowest BCUT2D eigenvalue weighted by atomic mass is 10.3. The van der Waals surface area contributed by atoms with Gasteiger partial charge in [-0.2, -0.15) is 0 Å². The number of hydrogen-bond donors (Lipinski definition) is 1. The summed E-state index contributed by atoms with van der Waals surface area (Å²) in [5, 5.41) is 12.9. The van der Waals surface area contributed by atoms with Gasteiger partial charge in [0.15, 0.2) is 5.76 Å². The molecule has 0 saturated heterocycles. The van der Waals surface area contributed by atoms with Gasteiger partial charge < -0.3 is 19.1 Å². The van der Waals surface area contributed by atoms with E-state index in [-0.39, 0.29) is 6.61 Å². The minimum absolute atomic E-state index is 0.118. The molecule has 98 valence electrons. The zero-order valence-electron chi connectivity index (χ0n) is 10.4. The molecule has 0 aliphatic rings. The fourth-order valence-corrected chi connectivity index (χ4v) is 1.50. The molecule has 0 atom stereocenters. The van der Waals surface area contributed by atoms with Crippen molar-refractivity contribution in [2.24, 2.45) is 0 Å². The molecule has 0 radical (unpaired) electrons. The molecule has 0 bridgehead atoms. The molecule has 1 N–H and O–H groups in total. The van der Waals surface area contributed by atoms with Crippen molar-refractivity contribution >= 4 is 0 Å². The maximum atomic E-state index is 8.96. The number of rotatable bonds is 9. The van der Waals surface area contributed by atoms with Crippen LogP contribution in [-0.2, 0) is 22.6 Å². The minimum Gasteiger partial charge on any atom is -0.395 e. The third-order valence-electron chi connectivity index (χ3n) is 2.31. The molecule has 1 aromatic heterocycles. The van der Waals surface area contributed by atoms with E-state index in [0.717, 1.165) is 12.2 Å². The molecule has 0 unspecified atom stereocenters. The highest BCUT2D eigenvalue weighted by molar-refractivity contribution is 5.04. The van der Waals surface area contributed by atoms with Crippen molar-refractivity contribution < 1.29 is 19.1 Å². The lowest BCUT2D eigenvalue weighted by Crippen LogP contribution is -2.29. The van der Waals surface area contributed by atoms with Crippen molar-refractivity contribution in [3.63, 3.8) is 0 Å². The molecule has 0 aliphatic carbocycles. The van der Waals surface area contributed by atoms with Crippen LogP contribution in [0.2, 0.25) is 0 Å². The molecule has 0 aromatic carbocycles. The summed E-state index contributed by atoms with van der Waals surface area (Å²) in [6, 6.07) is 1.86. The molecule has 1 aromatic rings. The molecule has 0 amide bonds. The lowest BCUT2D eigenvalue weighted by molar-refractivity contribution is 0.125.